The quantitative estimate of drug-likeness (QED) is 0.606. The van der Waals surface area contributed by atoms with Crippen molar-refractivity contribution in [1.82, 2.24) is 0 Å². The van der Waals surface area contributed by atoms with Gasteiger partial charge in [-0.15, -0.1) is 0 Å². The fourth-order valence-corrected chi connectivity index (χ4v) is 1.76. The molecular weight excluding hydrogens is 340 g/mol. The summed E-state index contributed by atoms with van der Waals surface area (Å²) in [5.41, 5.74) is 1.32. The third-order valence-corrected chi connectivity index (χ3v) is 2.91. The summed E-state index contributed by atoms with van der Waals surface area (Å²) in [5, 5.41) is 34.9. The zero-order valence-corrected chi connectivity index (χ0v) is 13.9. The molecule has 4 N–H and O–H groups in total. The lowest BCUT2D eigenvalue weighted by atomic mass is 10.2. The summed E-state index contributed by atoms with van der Waals surface area (Å²) in [6.07, 6.45) is 4.88. The number of hydrogen-bond donors (Lipinski definition) is 4. The largest absolute Gasteiger partial charge is 0.508 e. The van der Waals surface area contributed by atoms with Gasteiger partial charge in [0.05, 0.1) is 7.11 Å². The molecule has 0 saturated heterocycles. The Morgan fingerprint density at radius 2 is 1.46 bits per heavy atom. The molecule has 0 amide bonds. The second-order valence-corrected chi connectivity index (χ2v) is 4.87. The molecule has 0 atom stereocenters. The molecule has 2 rings (SSSR count). The van der Waals surface area contributed by atoms with Gasteiger partial charge in [0.25, 0.3) is 0 Å². The van der Waals surface area contributed by atoms with Crippen molar-refractivity contribution in [2.45, 2.75) is 0 Å². The summed E-state index contributed by atoms with van der Waals surface area (Å²) in [5.74, 6) is -1.55. The van der Waals surface area contributed by atoms with Gasteiger partial charge in [-0.3, -0.25) is 0 Å². The van der Waals surface area contributed by atoms with Gasteiger partial charge in [0, 0.05) is 12.2 Å². The zero-order chi connectivity index (χ0) is 19.5. The van der Waals surface area contributed by atoms with Crippen LogP contribution in [0.15, 0.2) is 54.6 Å². The summed E-state index contributed by atoms with van der Waals surface area (Å²) in [7, 11) is 1.43. The van der Waals surface area contributed by atoms with Gasteiger partial charge in [-0.1, -0.05) is 18.2 Å². The van der Waals surface area contributed by atoms with Crippen LogP contribution in [0.1, 0.15) is 11.1 Å². The Morgan fingerprint density at radius 3 is 1.96 bits per heavy atom. The number of ether oxygens (including phenoxy) is 1. The third-order valence-electron chi connectivity index (χ3n) is 2.91. The Bertz CT molecular complexity index is 822. The Kier molecular flexibility index (Phi) is 7.96. The molecular formula is C19H18O7. The van der Waals surface area contributed by atoms with Crippen molar-refractivity contribution in [1.29, 1.82) is 0 Å². The first-order valence-electron chi connectivity index (χ1n) is 7.30. The third kappa shape index (κ3) is 7.69. The number of rotatable bonds is 5. The molecule has 7 heteroatoms. The van der Waals surface area contributed by atoms with E-state index in [-0.39, 0.29) is 11.5 Å². The predicted molar refractivity (Wildman–Crippen MR) is 96.1 cm³/mol. The van der Waals surface area contributed by atoms with Crippen molar-refractivity contribution in [3.05, 3.63) is 65.7 Å². The average Bonchev–Trinajstić information content (AvgIpc) is 2.60. The number of aliphatic carboxylic acids is 2. The van der Waals surface area contributed by atoms with Gasteiger partial charge in [-0.05, 0) is 47.5 Å². The molecule has 0 fully saturated rings. The van der Waals surface area contributed by atoms with Crippen molar-refractivity contribution in [3.63, 3.8) is 0 Å². The molecule has 0 aliphatic heterocycles. The van der Waals surface area contributed by atoms with Crippen LogP contribution in [0.2, 0.25) is 0 Å². The first-order chi connectivity index (χ1) is 12.3. The van der Waals surface area contributed by atoms with Crippen molar-refractivity contribution < 1.29 is 34.8 Å². The molecule has 0 saturated carbocycles. The van der Waals surface area contributed by atoms with Crippen LogP contribution in [-0.2, 0) is 9.59 Å². The van der Waals surface area contributed by atoms with Crippen LogP contribution in [0.3, 0.4) is 0 Å². The standard InChI is InChI=1S/C10H10O4.C9H8O3/c1-14-9-6-7(2-4-8(9)11)3-5-10(12)13;10-8-3-1-2-7(6-8)4-5-9(11)12/h2-6,11H,1H3,(H,12,13);1-6,10H,(H,11,12)/b5-3+;5-4+. The lowest BCUT2D eigenvalue weighted by molar-refractivity contribution is -0.132. The summed E-state index contributed by atoms with van der Waals surface area (Å²) in [6.45, 7) is 0. The van der Waals surface area contributed by atoms with Crippen LogP contribution in [-0.4, -0.2) is 39.5 Å². The van der Waals surface area contributed by atoms with Gasteiger partial charge >= 0.3 is 11.9 Å². The summed E-state index contributed by atoms with van der Waals surface area (Å²) >= 11 is 0. The van der Waals surface area contributed by atoms with E-state index in [1.54, 1.807) is 24.3 Å². The lowest BCUT2D eigenvalue weighted by Crippen LogP contribution is -1.87. The number of carboxylic acid groups (broad SMARTS) is 2. The minimum Gasteiger partial charge on any atom is -0.508 e. The number of hydrogen-bond acceptors (Lipinski definition) is 5. The monoisotopic (exact) mass is 358 g/mol. The number of aromatic hydroxyl groups is 2. The Morgan fingerprint density at radius 1 is 0.885 bits per heavy atom. The summed E-state index contributed by atoms with van der Waals surface area (Å²) < 4.78 is 4.86. The van der Waals surface area contributed by atoms with E-state index >= 15 is 0 Å². The first kappa shape index (κ1) is 20.3. The number of phenols is 2. The van der Waals surface area contributed by atoms with Crippen molar-refractivity contribution in [2.75, 3.05) is 7.11 Å². The molecule has 2 aromatic carbocycles. The van der Waals surface area contributed by atoms with E-state index in [0.717, 1.165) is 12.2 Å². The van der Waals surface area contributed by atoms with Crippen LogP contribution in [0.5, 0.6) is 17.2 Å². The van der Waals surface area contributed by atoms with Crippen LogP contribution in [0.4, 0.5) is 0 Å². The lowest BCUT2D eigenvalue weighted by Gasteiger charge is -2.03. The number of benzene rings is 2. The number of phenolic OH excluding ortho intramolecular Hbond substituents is 2. The number of methoxy groups -OCH3 is 1. The van der Waals surface area contributed by atoms with E-state index in [4.69, 9.17) is 20.1 Å². The highest BCUT2D eigenvalue weighted by Gasteiger charge is 2.00. The maximum Gasteiger partial charge on any atom is 0.328 e. The molecule has 0 spiro atoms. The number of carbonyl (C=O) groups is 2. The van der Waals surface area contributed by atoms with Gasteiger partial charge in [0.15, 0.2) is 11.5 Å². The normalized spacial score (nSPS) is 10.3. The SMILES string of the molecule is COc1cc(/C=C/C(=O)O)ccc1O.O=C(O)/C=C/c1cccc(O)c1. The molecule has 26 heavy (non-hydrogen) atoms. The second-order valence-electron chi connectivity index (χ2n) is 4.87. The highest BCUT2D eigenvalue weighted by Crippen LogP contribution is 2.26. The molecule has 0 bridgehead atoms. The van der Waals surface area contributed by atoms with E-state index in [1.165, 1.54) is 37.5 Å². The Labute approximate surface area is 149 Å². The van der Waals surface area contributed by atoms with Gasteiger partial charge in [0.1, 0.15) is 5.75 Å². The first-order valence-corrected chi connectivity index (χ1v) is 7.30. The molecule has 0 aliphatic carbocycles. The van der Waals surface area contributed by atoms with Crippen molar-refractivity contribution in [3.8, 4) is 17.2 Å². The molecule has 0 radical (unpaired) electrons. The minimum absolute atomic E-state index is 0.0278. The van der Waals surface area contributed by atoms with Gasteiger partial charge in [0.2, 0.25) is 0 Å². The van der Waals surface area contributed by atoms with Crippen molar-refractivity contribution in [2.24, 2.45) is 0 Å². The molecule has 0 aliphatic rings. The molecule has 0 unspecified atom stereocenters. The topological polar surface area (TPSA) is 124 Å². The molecule has 2 aromatic rings. The van der Waals surface area contributed by atoms with Crippen LogP contribution in [0, 0.1) is 0 Å². The smallest absolute Gasteiger partial charge is 0.328 e. The van der Waals surface area contributed by atoms with Crippen molar-refractivity contribution >= 4 is 24.1 Å². The molecule has 0 aromatic heterocycles. The number of carboxylic acids is 2. The van der Waals surface area contributed by atoms with Crippen LogP contribution < -0.4 is 4.74 Å². The van der Waals surface area contributed by atoms with Gasteiger partial charge in [-0.25, -0.2) is 9.59 Å². The van der Waals surface area contributed by atoms with Gasteiger partial charge < -0.3 is 25.2 Å². The summed E-state index contributed by atoms with van der Waals surface area (Å²) in [6, 6.07) is 11.0. The molecule has 136 valence electrons. The zero-order valence-electron chi connectivity index (χ0n) is 13.9. The summed E-state index contributed by atoms with van der Waals surface area (Å²) in [4.78, 5) is 20.3. The van der Waals surface area contributed by atoms with E-state index in [9.17, 15) is 14.7 Å². The second kappa shape index (κ2) is 10.2. The molecule has 7 nitrogen and oxygen atoms in total. The average molecular weight is 358 g/mol. The van der Waals surface area contributed by atoms with Crippen LogP contribution in [0.25, 0.3) is 12.2 Å². The maximum atomic E-state index is 10.2. The van der Waals surface area contributed by atoms with E-state index in [1.807, 2.05) is 0 Å². The fourth-order valence-electron chi connectivity index (χ4n) is 1.76. The van der Waals surface area contributed by atoms with E-state index < -0.39 is 11.9 Å². The molecule has 0 heterocycles. The van der Waals surface area contributed by atoms with E-state index in [2.05, 4.69) is 0 Å². The highest BCUT2D eigenvalue weighted by atomic mass is 16.5. The Hall–Kier alpha value is -3.74. The Balaban J connectivity index is 0.000000263. The fraction of sp³-hybridized carbons (Fsp3) is 0.0526. The highest BCUT2D eigenvalue weighted by molar-refractivity contribution is 5.85. The minimum atomic E-state index is -1.02. The predicted octanol–water partition coefficient (Wildman–Crippen LogP) is 2.99. The maximum absolute atomic E-state index is 10.2. The van der Waals surface area contributed by atoms with Crippen LogP contribution >= 0.6 is 0 Å². The van der Waals surface area contributed by atoms with Gasteiger partial charge in [-0.2, -0.15) is 0 Å². The van der Waals surface area contributed by atoms with E-state index in [0.29, 0.717) is 16.9 Å².